The van der Waals surface area contributed by atoms with E-state index in [0.717, 1.165) is 16.7 Å². The smallest absolute Gasteiger partial charge is 0.335 e. The minimum absolute atomic E-state index is 0.397. The lowest BCUT2D eigenvalue weighted by Gasteiger charge is -2.09. The Balaban J connectivity index is 2.41. The van der Waals surface area contributed by atoms with Crippen molar-refractivity contribution in [3.05, 3.63) is 70.8 Å². The summed E-state index contributed by atoms with van der Waals surface area (Å²) in [5.74, 6) is -0.861. The molecule has 17 heavy (non-hydrogen) atoms. The van der Waals surface area contributed by atoms with Crippen molar-refractivity contribution in [2.24, 2.45) is 0 Å². The minimum atomic E-state index is -0.861. The van der Waals surface area contributed by atoms with Crippen LogP contribution in [-0.4, -0.2) is 11.1 Å². The van der Waals surface area contributed by atoms with Gasteiger partial charge in [0.05, 0.1) is 5.56 Å². The standard InChI is InChI=1S/C15H14O2/c1-11-6-5-9-13(15(16)17)14(11)10-12-7-3-2-4-8-12/h2-9H,10H2,1H3,(H,16,17). The summed E-state index contributed by atoms with van der Waals surface area (Å²) in [5, 5.41) is 9.17. The number of aromatic carboxylic acids is 1. The maximum atomic E-state index is 11.2. The third-order valence-electron chi connectivity index (χ3n) is 2.86. The van der Waals surface area contributed by atoms with Crippen molar-refractivity contribution in [1.29, 1.82) is 0 Å². The van der Waals surface area contributed by atoms with Gasteiger partial charge in [0.15, 0.2) is 0 Å². The summed E-state index contributed by atoms with van der Waals surface area (Å²) in [4.78, 5) is 11.2. The highest BCUT2D eigenvalue weighted by Crippen LogP contribution is 2.18. The van der Waals surface area contributed by atoms with Gasteiger partial charge in [-0.05, 0) is 36.1 Å². The van der Waals surface area contributed by atoms with E-state index in [1.54, 1.807) is 12.1 Å². The summed E-state index contributed by atoms with van der Waals surface area (Å²) in [7, 11) is 0. The first-order valence-electron chi connectivity index (χ1n) is 5.54. The molecule has 0 bridgehead atoms. The molecule has 0 heterocycles. The highest BCUT2D eigenvalue weighted by atomic mass is 16.4. The topological polar surface area (TPSA) is 37.3 Å². The first-order chi connectivity index (χ1) is 8.18. The van der Waals surface area contributed by atoms with Crippen LogP contribution in [0.25, 0.3) is 0 Å². The Morgan fingerprint density at radius 1 is 1.06 bits per heavy atom. The van der Waals surface area contributed by atoms with Crippen LogP contribution in [0.4, 0.5) is 0 Å². The molecule has 1 N–H and O–H groups in total. The molecule has 0 spiro atoms. The van der Waals surface area contributed by atoms with Crippen molar-refractivity contribution in [3.8, 4) is 0 Å². The molecule has 2 aromatic rings. The fourth-order valence-corrected chi connectivity index (χ4v) is 1.94. The molecule has 0 aliphatic carbocycles. The first-order valence-corrected chi connectivity index (χ1v) is 5.54. The third kappa shape index (κ3) is 2.53. The Kier molecular flexibility index (Phi) is 3.24. The van der Waals surface area contributed by atoms with E-state index in [4.69, 9.17) is 5.11 Å². The highest BCUT2D eigenvalue weighted by molar-refractivity contribution is 5.89. The van der Waals surface area contributed by atoms with Crippen LogP contribution in [0.5, 0.6) is 0 Å². The lowest BCUT2D eigenvalue weighted by atomic mass is 9.95. The normalized spacial score (nSPS) is 10.2. The molecular formula is C15H14O2. The second-order valence-corrected chi connectivity index (χ2v) is 4.07. The van der Waals surface area contributed by atoms with Gasteiger partial charge in [-0.3, -0.25) is 0 Å². The second kappa shape index (κ2) is 4.83. The number of hydrogen-bond acceptors (Lipinski definition) is 1. The molecule has 0 atom stereocenters. The largest absolute Gasteiger partial charge is 0.478 e. The van der Waals surface area contributed by atoms with E-state index in [0.29, 0.717) is 12.0 Å². The van der Waals surface area contributed by atoms with E-state index >= 15 is 0 Å². The summed E-state index contributed by atoms with van der Waals surface area (Å²) >= 11 is 0. The van der Waals surface area contributed by atoms with Gasteiger partial charge >= 0.3 is 5.97 Å². The molecule has 0 fully saturated rings. The molecule has 0 aliphatic heterocycles. The molecule has 2 heteroatoms. The molecule has 2 rings (SSSR count). The average molecular weight is 226 g/mol. The summed E-state index contributed by atoms with van der Waals surface area (Å²) in [6.45, 7) is 1.95. The summed E-state index contributed by atoms with van der Waals surface area (Å²) < 4.78 is 0. The van der Waals surface area contributed by atoms with Crippen LogP contribution in [0.3, 0.4) is 0 Å². The van der Waals surface area contributed by atoms with E-state index < -0.39 is 5.97 Å². The van der Waals surface area contributed by atoms with Gasteiger partial charge in [-0.1, -0.05) is 42.5 Å². The number of carboxylic acid groups (broad SMARTS) is 1. The Hall–Kier alpha value is -2.09. The SMILES string of the molecule is Cc1cccc(C(=O)O)c1Cc1ccccc1. The van der Waals surface area contributed by atoms with Crippen molar-refractivity contribution in [1.82, 2.24) is 0 Å². The summed E-state index contributed by atoms with van der Waals surface area (Å²) in [6.07, 6.45) is 0.662. The van der Waals surface area contributed by atoms with Gasteiger partial charge in [0.1, 0.15) is 0 Å². The molecule has 0 aliphatic rings. The molecule has 0 unspecified atom stereocenters. The van der Waals surface area contributed by atoms with Crippen molar-refractivity contribution in [2.45, 2.75) is 13.3 Å². The van der Waals surface area contributed by atoms with Crippen molar-refractivity contribution in [2.75, 3.05) is 0 Å². The maximum absolute atomic E-state index is 11.2. The zero-order chi connectivity index (χ0) is 12.3. The summed E-state index contributed by atoms with van der Waals surface area (Å²) in [6, 6.07) is 15.3. The number of benzene rings is 2. The van der Waals surface area contributed by atoms with Gasteiger partial charge in [-0.15, -0.1) is 0 Å². The van der Waals surface area contributed by atoms with E-state index in [9.17, 15) is 4.79 Å². The molecule has 0 aromatic heterocycles. The fourth-order valence-electron chi connectivity index (χ4n) is 1.94. The molecule has 2 aromatic carbocycles. The molecule has 2 nitrogen and oxygen atoms in total. The van der Waals surface area contributed by atoms with Crippen LogP contribution >= 0.6 is 0 Å². The van der Waals surface area contributed by atoms with Gasteiger partial charge in [0, 0.05) is 0 Å². The van der Waals surface area contributed by atoms with Crippen LogP contribution in [0.15, 0.2) is 48.5 Å². The lowest BCUT2D eigenvalue weighted by Crippen LogP contribution is -2.05. The van der Waals surface area contributed by atoms with Gasteiger partial charge < -0.3 is 5.11 Å². The van der Waals surface area contributed by atoms with E-state index in [-0.39, 0.29) is 0 Å². The van der Waals surface area contributed by atoms with Crippen LogP contribution in [0, 0.1) is 6.92 Å². The Labute approximate surface area is 101 Å². The monoisotopic (exact) mass is 226 g/mol. The van der Waals surface area contributed by atoms with Gasteiger partial charge in [-0.2, -0.15) is 0 Å². The number of carbonyl (C=O) groups is 1. The molecule has 0 saturated carbocycles. The van der Waals surface area contributed by atoms with Crippen LogP contribution in [0.1, 0.15) is 27.0 Å². The maximum Gasteiger partial charge on any atom is 0.335 e. The van der Waals surface area contributed by atoms with E-state index in [1.807, 2.05) is 43.3 Å². The number of carboxylic acids is 1. The predicted octanol–water partition coefficient (Wildman–Crippen LogP) is 3.28. The quantitative estimate of drug-likeness (QED) is 0.872. The third-order valence-corrected chi connectivity index (χ3v) is 2.86. The molecule has 86 valence electrons. The zero-order valence-corrected chi connectivity index (χ0v) is 9.68. The van der Waals surface area contributed by atoms with Crippen molar-refractivity contribution >= 4 is 5.97 Å². The molecule has 0 saturated heterocycles. The number of rotatable bonds is 3. The highest BCUT2D eigenvalue weighted by Gasteiger charge is 2.11. The average Bonchev–Trinajstić information content (AvgIpc) is 2.33. The minimum Gasteiger partial charge on any atom is -0.478 e. The van der Waals surface area contributed by atoms with Crippen molar-refractivity contribution in [3.63, 3.8) is 0 Å². The predicted molar refractivity (Wildman–Crippen MR) is 67.4 cm³/mol. The van der Waals surface area contributed by atoms with Gasteiger partial charge in [0.25, 0.3) is 0 Å². The Bertz CT molecular complexity index is 530. The first kappa shape index (κ1) is 11.4. The molecule has 0 radical (unpaired) electrons. The molecular weight excluding hydrogens is 212 g/mol. The van der Waals surface area contributed by atoms with E-state index in [2.05, 4.69) is 0 Å². The summed E-state index contributed by atoms with van der Waals surface area (Å²) in [5.41, 5.74) is 3.44. The Morgan fingerprint density at radius 2 is 1.76 bits per heavy atom. The number of aryl methyl sites for hydroxylation is 1. The Morgan fingerprint density at radius 3 is 2.41 bits per heavy atom. The van der Waals surface area contributed by atoms with Crippen molar-refractivity contribution < 1.29 is 9.90 Å². The van der Waals surface area contributed by atoms with Crippen LogP contribution < -0.4 is 0 Å². The molecule has 0 amide bonds. The lowest BCUT2D eigenvalue weighted by molar-refractivity contribution is 0.0695. The van der Waals surface area contributed by atoms with Gasteiger partial charge in [-0.25, -0.2) is 4.79 Å². The second-order valence-electron chi connectivity index (χ2n) is 4.07. The zero-order valence-electron chi connectivity index (χ0n) is 9.68. The fraction of sp³-hybridized carbons (Fsp3) is 0.133. The number of hydrogen-bond donors (Lipinski definition) is 1. The van der Waals surface area contributed by atoms with E-state index in [1.165, 1.54) is 0 Å². The van der Waals surface area contributed by atoms with Crippen LogP contribution in [-0.2, 0) is 6.42 Å². The van der Waals surface area contributed by atoms with Crippen LogP contribution in [0.2, 0.25) is 0 Å². The van der Waals surface area contributed by atoms with Gasteiger partial charge in [0.2, 0.25) is 0 Å².